The molecular weight excluding hydrogens is 280 g/mol. The average molecular weight is 311 g/mol. The lowest BCUT2D eigenvalue weighted by Crippen LogP contribution is -2.35. The van der Waals surface area contributed by atoms with Crippen LogP contribution in [0.1, 0.15) is 57.2 Å². The molecule has 0 bridgehead atoms. The van der Waals surface area contributed by atoms with Gasteiger partial charge in [-0.2, -0.15) is 0 Å². The SMILES string of the molecule is COCCNCC1(Cc2nc(C(C)(C)C)cs2)CCCC1. The van der Waals surface area contributed by atoms with Crippen molar-refractivity contribution in [1.82, 2.24) is 10.3 Å². The van der Waals surface area contributed by atoms with Crippen LogP contribution in [0.25, 0.3) is 0 Å². The van der Waals surface area contributed by atoms with Gasteiger partial charge in [0.05, 0.1) is 17.3 Å². The van der Waals surface area contributed by atoms with Crippen molar-refractivity contribution in [3.8, 4) is 0 Å². The minimum atomic E-state index is 0.161. The summed E-state index contributed by atoms with van der Waals surface area (Å²) in [7, 11) is 1.76. The van der Waals surface area contributed by atoms with E-state index in [1.807, 2.05) is 11.3 Å². The molecule has 0 aromatic carbocycles. The van der Waals surface area contributed by atoms with Crippen LogP contribution in [0.3, 0.4) is 0 Å². The summed E-state index contributed by atoms with van der Waals surface area (Å²) < 4.78 is 5.13. The van der Waals surface area contributed by atoms with Crippen molar-refractivity contribution in [3.05, 3.63) is 16.1 Å². The molecule has 0 radical (unpaired) electrons. The minimum absolute atomic E-state index is 0.161. The second-order valence-corrected chi connectivity index (χ2v) is 8.37. The Balaban J connectivity index is 1.97. The Kier molecular flexibility index (Phi) is 5.81. The first-order valence-electron chi connectivity index (χ1n) is 8.10. The molecule has 1 N–H and O–H groups in total. The smallest absolute Gasteiger partial charge is 0.0934 e. The minimum Gasteiger partial charge on any atom is -0.383 e. The first-order chi connectivity index (χ1) is 9.95. The van der Waals surface area contributed by atoms with Gasteiger partial charge in [-0.05, 0) is 18.3 Å². The predicted molar refractivity (Wildman–Crippen MR) is 90.2 cm³/mol. The van der Waals surface area contributed by atoms with Crippen LogP contribution in [-0.2, 0) is 16.6 Å². The zero-order valence-electron chi connectivity index (χ0n) is 14.0. The van der Waals surface area contributed by atoms with Crippen LogP contribution < -0.4 is 5.32 Å². The van der Waals surface area contributed by atoms with Gasteiger partial charge in [-0.25, -0.2) is 4.98 Å². The Hall–Kier alpha value is -0.450. The van der Waals surface area contributed by atoms with Gasteiger partial charge < -0.3 is 10.1 Å². The molecule has 4 heteroatoms. The summed E-state index contributed by atoms with van der Waals surface area (Å²) in [4.78, 5) is 4.90. The second kappa shape index (κ2) is 7.21. The molecule has 1 fully saturated rings. The topological polar surface area (TPSA) is 34.1 Å². The van der Waals surface area contributed by atoms with Gasteiger partial charge in [-0.15, -0.1) is 11.3 Å². The highest BCUT2D eigenvalue weighted by Gasteiger charge is 2.34. The van der Waals surface area contributed by atoms with E-state index >= 15 is 0 Å². The van der Waals surface area contributed by atoms with Gasteiger partial charge in [0.1, 0.15) is 0 Å². The largest absolute Gasteiger partial charge is 0.383 e. The highest BCUT2D eigenvalue weighted by atomic mass is 32.1. The highest BCUT2D eigenvalue weighted by Crippen LogP contribution is 2.41. The molecule has 1 aliphatic rings. The van der Waals surface area contributed by atoms with Crippen LogP contribution in [-0.4, -0.2) is 31.8 Å². The number of hydrogen-bond donors (Lipinski definition) is 1. The summed E-state index contributed by atoms with van der Waals surface area (Å²) in [5.41, 5.74) is 1.82. The quantitative estimate of drug-likeness (QED) is 0.778. The number of rotatable bonds is 7. The molecular formula is C17H30N2OS. The van der Waals surface area contributed by atoms with Crippen LogP contribution in [0, 0.1) is 5.41 Å². The first-order valence-corrected chi connectivity index (χ1v) is 8.98. The number of nitrogens with zero attached hydrogens (tertiary/aromatic N) is 1. The molecule has 0 spiro atoms. The van der Waals surface area contributed by atoms with Gasteiger partial charge in [0.25, 0.3) is 0 Å². The molecule has 21 heavy (non-hydrogen) atoms. The van der Waals surface area contributed by atoms with Gasteiger partial charge in [0.2, 0.25) is 0 Å². The van der Waals surface area contributed by atoms with Crippen molar-refractivity contribution in [2.45, 2.75) is 58.3 Å². The molecule has 0 unspecified atom stereocenters. The molecule has 1 heterocycles. The number of aromatic nitrogens is 1. The van der Waals surface area contributed by atoms with Crippen LogP contribution in [0.2, 0.25) is 0 Å². The van der Waals surface area contributed by atoms with E-state index in [9.17, 15) is 0 Å². The van der Waals surface area contributed by atoms with Crippen LogP contribution in [0.4, 0.5) is 0 Å². The lowest BCUT2D eigenvalue weighted by molar-refractivity contribution is 0.189. The summed E-state index contributed by atoms with van der Waals surface area (Å²) in [5, 5.41) is 7.14. The maximum Gasteiger partial charge on any atom is 0.0934 e. The van der Waals surface area contributed by atoms with E-state index in [-0.39, 0.29) is 5.41 Å². The predicted octanol–water partition coefficient (Wildman–Crippen LogP) is 3.78. The van der Waals surface area contributed by atoms with Crippen molar-refractivity contribution < 1.29 is 4.74 Å². The van der Waals surface area contributed by atoms with E-state index in [4.69, 9.17) is 9.72 Å². The zero-order chi connectivity index (χ0) is 15.3. The Morgan fingerprint density at radius 2 is 2.05 bits per heavy atom. The summed E-state index contributed by atoms with van der Waals surface area (Å²) in [6, 6.07) is 0. The normalized spacial score (nSPS) is 18.3. The fourth-order valence-electron chi connectivity index (χ4n) is 3.13. The molecule has 3 nitrogen and oxygen atoms in total. The van der Waals surface area contributed by atoms with Gasteiger partial charge in [0.15, 0.2) is 0 Å². The number of thiazole rings is 1. The van der Waals surface area contributed by atoms with E-state index in [1.54, 1.807) is 7.11 Å². The third-order valence-corrected chi connectivity index (χ3v) is 5.34. The molecule has 120 valence electrons. The molecule has 0 atom stereocenters. The fraction of sp³-hybridized carbons (Fsp3) is 0.824. The Morgan fingerprint density at radius 1 is 1.33 bits per heavy atom. The van der Waals surface area contributed by atoms with Crippen molar-refractivity contribution in [3.63, 3.8) is 0 Å². The van der Waals surface area contributed by atoms with Crippen molar-refractivity contribution in [2.75, 3.05) is 26.8 Å². The number of methoxy groups -OCH3 is 1. The number of hydrogen-bond acceptors (Lipinski definition) is 4. The zero-order valence-corrected chi connectivity index (χ0v) is 14.8. The van der Waals surface area contributed by atoms with E-state index in [1.165, 1.54) is 36.4 Å². The fourth-order valence-corrected chi connectivity index (χ4v) is 4.32. The molecule has 2 rings (SSSR count). The molecule has 1 aliphatic carbocycles. The Labute approximate surface area is 133 Å². The van der Waals surface area contributed by atoms with E-state index in [0.29, 0.717) is 5.41 Å². The molecule has 0 saturated heterocycles. The van der Waals surface area contributed by atoms with Crippen LogP contribution >= 0.6 is 11.3 Å². The maximum atomic E-state index is 5.13. The molecule has 1 aromatic rings. The summed E-state index contributed by atoms with van der Waals surface area (Å²) in [6.45, 7) is 9.56. The maximum absolute atomic E-state index is 5.13. The number of nitrogens with one attached hydrogen (secondary N) is 1. The standard InChI is InChI=1S/C17H30N2OS/c1-16(2,3)14-12-21-15(19-14)11-17(7-5-6-8-17)13-18-9-10-20-4/h12,18H,5-11,13H2,1-4H3. The molecule has 1 saturated carbocycles. The van der Waals surface area contributed by atoms with Gasteiger partial charge >= 0.3 is 0 Å². The first kappa shape index (κ1) is 16.9. The molecule has 0 amide bonds. The van der Waals surface area contributed by atoms with Crippen molar-refractivity contribution >= 4 is 11.3 Å². The summed E-state index contributed by atoms with van der Waals surface area (Å²) in [6.07, 6.45) is 6.52. The van der Waals surface area contributed by atoms with Crippen molar-refractivity contribution in [2.24, 2.45) is 5.41 Å². The second-order valence-electron chi connectivity index (χ2n) is 7.43. The van der Waals surface area contributed by atoms with Crippen LogP contribution in [0.5, 0.6) is 0 Å². The highest BCUT2D eigenvalue weighted by molar-refractivity contribution is 7.09. The third kappa shape index (κ3) is 4.76. The van der Waals surface area contributed by atoms with Gasteiger partial charge in [-0.3, -0.25) is 0 Å². The lowest BCUT2D eigenvalue weighted by Gasteiger charge is -2.28. The summed E-state index contributed by atoms with van der Waals surface area (Å²) >= 11 is 1.84. The Morgan fingerprint density at radius 3 is 2.62 bits per heavy atom. The summed E-state index contributed by atoms with van der Waals surface area (Å²) in [5.74, 6) is 0. The van der Waals surface area contributed by atoms with E-state index in [0.717, 1.165) is 26.1 Å². The van der Waals surface area contributed by atoms with Crippen LogP contribution in [0.15, 0.2) is 5.38 Å². The van der Waals surface area contributed by atoms with Crippen molar-refractivity contribution in [1.29, 1.82) is 0 Å². The van der Waals surface area contributed by atoms with Gasteiger partial charge in [-0.1, -0.05) is 33.6 Å². The average Bonchev–Trinajstić information content (AvgIpc) is 3.05. The van der Waals surface area contributed by atoms with E-state index < -0.39 is 0 Å². The van der Waals surface area contributed by atoms with Gasteiger partial charge in [0, 0.05) is 37.4 Å². The van der Waals surface area contributed by atoms with E-state index in [2.05, 4.69) is 31.5 Å². The monoisotopic (exact) mass is 310 g/mol. The number of ether oxygens (including phenoxy) is 1. The third-order valence-electron chi connectivity index (χ3n) is 4.49. The molecule has 0 aliphatic heterocycles. The molecule has 1 aromatic heterocycles. The Bertz CT molecular complexity index is 430. The lowest BCUT2D eigenvalue weighted by atomic mass is 9.82.